The minimum atomic E-state index is -0.268. The number of halogens is 1. The Hall–Kier alpha value is -1.13. The zero-order valence-corrected chi connectivity index (χ0v) is 11.4. The van der Waals surface area contributed by atoms with Crippen LogP contribution in [0.15, 0.2) is 18.2 Å². The van der Waals surface area contributed by atoms with Crippen molar-refractivity contribution in [2.45, 2.75) is 25.8 Å². The number of nitrogens with two attached hydrogens (primary N) is 1. The van der Waals surface area contributed by atoms with Crippen LogP contribution in [0.1, 0.15) is 18.9 Å². The highest BCUT2D eigenvalue weighted by atomic mass is 19.1. The Balaban J connectivity index is 2.51. The second-order valence-corrected chi connectivity index (χ2v) is 4.98. The van der Waals surface area contributed by atoms with Gasteiger partial charge in [0, 0.05) is 18.7 Å². The van der Waals surface area contributed by atoms with Crippen molar-refractivity contribution >= 4 is 0 Å². The normalized spacial score (nSPS) is 12.8. The van der Waals surface area contributed by atoms with E-state index in [-0.39, 0.29) is 11.9 Å². The highest BCUT2D eigenvalue weighted by Crippen LogP contribution is 2.17. The van der Waals surface area contributed by atoms with Crippen molar-refractivity contribution in [2.75, 3.05) is 27.2 Å². The van der Waals surface area contributed by atoms with Crippen molar-refractivity contribution in [3.63, 3.8) is 0 Å². The molecule has 0 amide bonds. The van der Waals surface area contributed by atoms with Crippen LogP contribution in [-0.4, -0.2) is 38.2 Å². The topological polar surface area (TPSA) is 38.5 Å². The Labute approximate surface area is 109 Å². The van der Waals surface area contributed by atoms with Crippen LogP contribution < -0.4 is 10.5 Å². The van der Waals surface area contributed by atoms with Crippen LogP contribution in [0.4, 0.5) is 4.39 Å². The predicted octanol–water partition coefficient (Wildman–Crippen LogP) is 2.05. The zero-order chi connectivity index (χ0) is 13.5. The van der Waals surface area contributed by atoms with E-state index in [1.54, 1.807) is 0 Å². The minimum absolute atomic E-state index is 0.0217. The molecule has 1 unspecified atom stereocenters. The fourth-order valence-corrected chi connectivity index (χ4v) is 1.76. The Morgan fingerprint density at radius 2 is 2.06 bits per heavy atom. The molecule has 0 heterocycles. The zero-order valence-electron chi connectivity index (χ0n) is 11.4. The number of hydrogen-bond donors (Lipinski definition) is 1. The van der Waals surface area contributed by atoms with Gasteiger partial charge >= 0.3 is 0 Å². The lowest BCUT2D eigenvalue weighted by Gasteiger charge is -2.12. The van der Waals surface area contributed by atoms with Gasteiger partial charge in [0.25, 0.3) is 0 Å². The first kappa shape index (κ1) is 14.9. The summed E-state index contributed by atoms with van der Waals surface area (Å²) in [5.74, 6) is 0.320. The van der Waals surface area contributed by atoms with Crippen LogP contribution in [0.5, 0.6) is 5.75 Å². The lowest BCUT2D eigenvalue weighted by atomic mass is 10.1. The van der Waals surface area contributed by atoms with Gasteiger partial charge in [0.1, 0.15) is 11.6 Å². The van der Waals surface area contributed by atoms with Gasteiger partial charge in [0.15, 0.2) is 0 Å². The van der Waals surface area contributed by atoms with Crippen molar-refractivity contribution in [1.29, 1.82) is 0 Å². The average Bonchev–Trinajstić information content (AvgIpc) is 2.22. The molecule has 0 spiro atoms. The number of benzene rings is 1. The van der Waals surface area contributed by atoms with Gasteiger partial charge in [-0.1, -0.05) is 0 Å². The molecule has 1 aromatic carbocycles. The van der Waals surface area contributed by atoms with E-state index in [2.05, 4.69) is 4.90 Å². The Kier molecular flexibility index (Phi) is 6.09. The summed E-state index contributed by atoms with van der Waals surface area (Å²) in [6.45, 7) is 3.46. The van der Waals surface area contributed by atoms with E-state index in [0.717, 1.165) is 18.5 Å². The molecule has 0 saturated carbocycles. The molecule has 0 aliphatic carbocycles. The second-order valence-electron chi connectivity index (χ2n) is 4.98. The van der Waals surface area contributed by atoms with Crippen molar-refractivity contribution in [1.82, 2.24) is 4.90 Å². The molecule has 0 aromatic heterocycles. The molecule has 0 bridgehead atoms. The van der Waals surface area contributed by atoms with Crippen LogP contribution in [0.2, 0.25) is 0 Å². The summed E-state index contributed by atoms with van der Waals surface area (Å²) < 4.78 is 18.9. The molecule has 18 heavy (non-hydrogen) atoms. The molecular formula is C14H23FN2O. The molecule has 0 aliphatic rings. The molecule has 1 aromatic rings. The van der Waals surface area contributed by atoms with E-state index >= 15 is 0 Å². The summed E-state index contributed by atoms with van der Waals surface area (Å²) in [5.41, 5.74) is 6.59. The SMILES string of the molecule is CC(N)Cc1cc(F)cc(OCCCN(C)C)c1. The van der Waals surface area contributed by atoms with E-state index in [4.69, 9.17) is 10.5 Å². The van der Waals surface area contributed by atoms with Gasteiger partial charge in [-0.15, -0.1) is 0 Å². The highest BCUT2D eigenvalue weighted by molar-refractivity contribution is 5.30. The Morgan fingerprint density at radius 3 is 2.67 bits per heavy atom. The summed E-state index contributed by atoms with van der Waals surface area (Å²) in [6, 6.07) is 4.81. The number of ether oxygens (including phenoxy) is 1. The summed E-state index contributed by atoms with van der Waals surface area (Å²) in [7, 11) is 4.03. The van der Waals surface area contributed by atoms with Crippen molar-refractivity contribution in [3.8, 4) is 5.75 Å². The maximum Gasteiger partial charge on any atom is 0.127 e. The predicted molar refractivity (Wildman–Crippen MR) is 72.4 cm³/mol. The molecule has 1 rings (SSSR count). The van der Waals surface area contributed by atoms with Crippen LogP contribution in [0, 0.1) is 5.82 Å². The van der Waals surface area contributed by atoms with Gasteiger partial charge in [-0.2, -0.15) is 0 Å². The molecular weight excluding hydrogens is 231 g/mol. The Morgan fingerprint density at radius 1 is 1.33 bits per heavy atom. The second kappa shape index (κ2) is 7.34. The third kappa shape index (κ3) is 5.98. The monoisotopic (exact) mass is 254 g/mol. The standard InChI is InChI=1S/C14H23FN2O/c1-11(16)7-12-8-13(15)10-14(9-12)18-6-4-5-17(2)3/h8-11H,4-7,16H2,1-3H3. The average molecular weight is 254 g/mol. The van der Waals surface area contributed by atoms with Crippen LogP contribution in [0.3, 0.4) is 0 Å². The summed E-state index contributed by atoms with van der Waals surface area (Å²) in [6.07, 6.45) is 1.58. The van der Waals surface area contributed by atoms with E-state index in [1.807, 2.05) is 27.1 Å². The van der Waals surface area contributed by atoms with Crippen LogP contribution in [-0.2, 0) is 6.42 Å². The van der Waals surface area contributed by atoms with Crippen LogP contribution >= 0.6 is 0 Å². The van der Waals surface area contributed by atoms with Crippen molar-refractivity contribution in [2.24, 2.45) is 5.73 Å². The molecule has 0 saturated heterocycles. The molecule has 4 heteroatoms. The van der Waals surface area contributed by atoms with E-state index in [0.29, 0.717) is 18.8 Å². The van der Waals surface area contributed by atoms with Gasteiger partial charge in [0.2, 0.25) is 0 Å². The maximum absolute atomic E-state index is 13.4. The number of hydrogen-bond acceptors (Lipinski definition) is 3. The van der Waals surface area contributed by atoms with Gasteiger partial charge in [-0.25, -0.2) is 4.39 Å². The van der Waals surface area contributed by atoms with Gasteiger partial charge < -0.3 is 15.4 Å². The van der Waals surface area contributed by atoms with Crippen molar-refractivity contribution in [3.05, 3.63) is 29.6 Å². The summed E-state index contributed by atoms with van der Waals surface area (Å²) >= 11 is 0. The van der Waals surface area contributed by atoms with Gasteiger partial charge in [-0.3, -0.25) is 0 Å². The first-order valence-corrected chi connectivity index (χ1v) is 6.30. The first-order valence-electron chi connectivity index (χ1n) is 6.30. The largest absolute Gasteiger partial charge is 0.493 e. The minimum Gasteiger partial charge on any atom is -0.493 e. The maximum atomic E-state index is 13.4. The lowest BCUT2D eigenvalue weighted by molar-refractivity contribution is 0.280. The number of nitrogens with zero attached hydrogens (tertiary/aromatic N) is 1. The molecule has 3 nitrogen and oxygen atoms in total. The molecule has 1 atom stereocenters. The van der Waals surface area contributed by atoms with E-state index in [1.165, 1.54) is 12.1 Å². The molecule has 0 radical (unpaired) electrons. The van der Waals surface area contributed by atoms with E-state index in [9.17, 15) is 4.39 Å². The van der Waals surface area contributed by atoms with E-state index < -0.39 is 0 Å². The highest BCUT2D eigenvalue weighted by Gasteiger charge is 2.04. The third-order valence-corrected chi connectivity index (χ3v) is 2.51. The summed E-state index contributed by atoms with van der Waals surface area (Å²) in [4.78, 5) is 2.09. The molecule has 102 valence electrons. The molecule has 0 fully saturated rings. The van der Waals surface area contributed by atoms with Crippen LogP contribution in [0.25, 0.3) is 0 Å². The number of rotatable bonds is 7. The fourth-order valence-electron chi connectivity index (χ4n) is 1.76. The summed E-state index contributed by atoms with van der Waals surface area (Å²) in [5, 5.41) is 0. The smallest absolute Gasteiger partial charge is 0.127 e. The van der Waals surface area contributed by atoms with Gasteiger partial charge in [-0.05, 0) is 51.6 Å². The fraction of sp³-hybridized carbons (Fsp3) is 0.571. The lowest BCUT2D eigenvalue weighted by Crippen LogP contribution is -2.18. The van der Waals surface area contributed by atoms with Gasteiger partial charge in [0.05, 0.1) is 6.61 Å². The molecule has 2 N–H and O–H groups in total. The molecule has 0 aliphatic heterocycles. The van der Waals surface area contributed by atoms with Crippen molar-refractivity contribution < 1.29 is 9.13 Å². The third-order valence-electron chi connectivity index (χ3n) is 2.51. The first-order chi connectivity index (χ1) is 8.47. The quantitative estimate of drug-likeness (QED) is 0.757. The Bertz CT molecular complexity index is 367.